The molecule has 13 heavy (non-hydrogen) atoms. The second-order valence-corrected chi connectivity index (χ2v) is 4.49. The van der Waals surface area contributed by atoms with Crippen LogP contribution in [0.5, 0.6) is 5.75 Å². The highest BCUT2D eigenvalue weighted by molar-refractivity contribution is 14.1. The summed E-state index contributed by atoms with van der Waals surface area (Å²) >= 11 is 2.39. The Labute approximate surface area is 92.6 Å². The molecular formula is C11H13IO. The molecule has 0 saturated heterocycles. The van der Waals surface area contributed by atoms with Gasteiger partial charge in [0.15, 0.2) is 0 Å². The summed E-state index contributed by atoms with van der Waals surface area (Å²) < 4.78 is 6.93. The summed E-state index contributed by atoms with van der Waals surface area (Å²) in [6, 6.07) is 4.33. The van der Waals surface area contributed by atoms with Crippen molar-refractivity contribution < 1.29 is 4.74 Å². The maximum Gasteiger partial charge on any atom is 0.126 e. The summed E-state index contributed by atoms with van der Waals surface area (Å²) in [5, 5.41) is 0. The molecule has 0 fully saturated rings. The quantitative estimate of drug-likeness (QED) is 0.570. The Morgan fingerprint density at radius 1 is 1.38 bits per heavy atom. The van der Waals surface area contributed by atoms with Gasteiger partial charge in [0.05, 0.1) is 0 Å². The number of alkyl halides is 1. The molecule has 0 aliphatic carbocycles. The Hall–Kier alpha value is -0.250. The molecule has 1 aromatic rings. The average Bonchev–Trinajstić information content (AvgIpc) is 2.56. The van der Waals surface area contributed by atoms with Crippen LogP contribution in [0.15, 0.2) is 12.1 Å². The van der Waals surface area contributed by atoms with Crippen molar-refractivity contribution in [2.24, 2.45) is 0 Å². The molecule has 0 N–H and O–H groups in total. The van der Waals surface area contributed by atoms with E-state index in [4.69, 9.17) is 4.74 Å². The van der Waals surface area contributed by atoms with Gasteiger partial charge in [0.1, 0.15) is 11.9 Å². The van der Waals surface area contributed by atoms with Crippen molar-refractivity contribution in [3.05, 3.63) is 28.8 Å². The largest absolute Gasteiger partial charge is 0.489 e. The van der Waals surface area contributed by atoms with Crippen molar-refractivity contribution in [2.75, 3.05) is 4.43 Å². The minimum absolute atomic E-state index is 0.399. The van der Waals surface area contributed by atoms with Crippen LogP contribution in [0.2, 0.25) is 0 Å². The van der Waals surface area contributed by atoms with Gasteiger partial charge in [-0.2, -0.15) is 0 Å². The van der Waals surface area contributed by atoms with Gasteiger partial charge in [0, 0.05) is 16.4 Å². The monoisotopic (exact) mass is 288 g/mol. The van der Waals surface area contributed by atoms with Crippen molar-refractivity contribution in [1.82, 2.24) is 0 Å². The van der Waals surface area contributed by atoms with Crippen LogP contribution < -0.4 is 4.74 Å². The lowest BCUT2D eigenvalue weighted by Gasteiger charge is -2.07. The molecule has 2 heteroatoms. The molecule has 1 nitrogen and oxygen atoms in total. The van der Waals surface area contributed by atoms with Crippen LogP contribution in [0, 0.1) is 13.8 Å². The third-order valence-corrected chi connectivity index (χ3v) is 3.56. The van der Waals surface area contributed by atoms with Crippen molar-refractivity contribution in [2.45, 2.75) is 26.4 Å². The van der Waals surface area contributed by atoms with Crippen LogP contribution in [0.1, 0.15) is 16.7 Å². The molecule has 1 aliphatic heterocycles. The number of hydrogen-bond donors (Lipinski definition) is 0. The van der Waals surface area contributed by atoms with E-state index in [1.54, 1.807) is 0 Å². The van der Waals surface area contributed by atoms with Gasteiger partial charge in [0.2, 0.25) is 0 Å². The molecule has 1 unspecified atom stereocenters. The van der Waals surface area contributed by atoms with Gasteiger partial charge >= 0.3 is 0 Å². The minimum Gasteiger partial charge on any atom is -0.489 e. The van der Waals surface area contributed by atoms with Crippen LogP contribution in [-0.4, -0.2) is 10.5 Å². The second-order valence-electron chi connectivity index (χ2n) is 3.61. The first-order valence-electron chi connectivity index (χ1n) is 4.54. The minimum atomic E-state index is 0.399. The molecule has 1 heterocycles. The summed E-state index contributed by atoms with van der Waals surface area (Å²) in [4.78, 5) is 0. The SMILES string of the molecule is Cc1ccc(C)c2c1CC(CI)O2. The summed E-state index contributed by atoms with van der Waals surface area (Å²) in [7, 11) is 0. The van der Waals surface area contributed by atoms with E-state index in [9.17, 15) is 0 Å². The fourth-order valence-electron chi connectivity index (χ4n) is 1.78. The molecule has 1 atom stereocenters. The number of ether oxygens (including phenoxy) is 1. The smallest absolute Gasteiger partial charge is 0.126 e. The number of aryl methyl sites for hydroxylation is 2. The lowest BCUT2D eigenvalue weighted by Crippen LogP contribution is -2.13. The van der Waals surface area contributed by atoms with E-state index in [-0.39, 0.29) is 0 Å². The second kappa shape index (κ2) is 3.48. The highest BCUT2D eigenvalue weighted by Gasteiger charge is 2.24. The Morgan fingerprint density at radius 2 is 2.08 bits per heavy atom. The van der Waals surface area contributed by atoms with Crippen LogP contribution >= 0.6 is 22.6 Å². The van der Waals surface area contributed by atoms with E-state index in [1.807, 2.05) is 0 Å². The fourth-order valence-corrected chi connectivity index (χ4v) is 2.27. The molecule has 0 radical (unpaired) electrons. The summed E-state index contributed by atoms with van der Waals surface area (Å²) in [5.41, 5.74) is 4.06. The van der Waals surface area contributed by atoms with Gasteiger partial charge < -0.3 is 4.74 Å². The van der Waals surface area contributed by atoms with Crippen LogP contribution in [0.4, 0.5) is 0 Å². The van der Waals surface area contributed by atoms with Crippen LogP contribution in [0.25, 0.3) is 0 Å². The van der Waals surface area contributed by atoms with E-state index in [0.717, 1.165) is 16.6 Å². The molecule has 0 amide bonds. The highest BCUT2D eigenvalue weighted by atomic mass is 127. The van der Waals surface area contributed by atoms with Crippen LogP contribution in [-0.2, 0) is 6.42 Å². The van der Waals surface area contributed by atoms with E-state index >= 15 is 0 Å². The fraction of sp³-hybridized carbons (Fsp3) is 0.455. The standard InChI is InChI=1S/C11H13IO/c1-7-3-4-8(2)11-10(7)5-9(6-12)13-11/h3-4,9H,5-6H2,1-2H3. The number of benzene rings is 1. The van der Waals surface area contributed by atoms with Crippen molar-refractivity contribution in [1.29, 1.82) is 0 Å². The first-order chi connectivity index (χ1) is 6.22. The average molecular weight is 288 g/mol. The normalized spacial score (nSPS) is 19.8. The Kier molecular flexibility index (Phi) is 2.49. The van der Waals surface area contributed by atoms with Crippen molar-refractivity contribution >= 4 is 22.6 Å². The topological polar surface area (TPSA) is 9.23 Å². The molecule has 1 aromatic carbocycles. The number of halogens is 1. The van der Waals surface area contributed by atoms with Gasteiger partial charge in [-0.3, -0.25) is 0 Å². The molecule has 70 valence electrons. The maximum atomic E-state index is 5.86. The van der Waals surface area contributed by atoms with Gasteiger partial charge in [0.25, 0.3) is 0 Å². The highest BCUT2D eigenvalue weighted by Crippen LogP contribution is 2.34. The number of rotatable bonds is 1. The van der Waals surface area contributed by atoms with Gasteiger partial charge in [-0.1, -0.05) is 34.7 Å². The first-order valence-corrected chi connectivity index (χ1v) is 6.06. The van der Waals surface area contributed by atoms with Gasteiger partial charge in [-0.25, -0.2) is 0 Å². The van der Waals surface area contributed by atoms with E-state index in [2.05, 4.69) is 48.6 Å². The molecule has 1 aliphatic rings. The van der Waals surface area contributed by atoms with E-state index < -0.39 is 0 Å². The third kappa shape index (κ3) is 1.56. The summed E-state index contributed by atoms with van der Waals surface area (Å²) in [5.74, 6) is 1.14. The molecule has 2 rings (SSSR count). The molecule has 0 saturated carbocycles. The third-order valence-electron chi connectivity index (χ3n) is 2.58. The van der Waals surface area contributed by atoms with E-state index in [0.29, 0.717) is 6.10 Å². The molecular weight excluding hydrogens is 275 g/mol. The lowest BCUT2D eigenvalue weighted by molar-refractivity contribution is 0.261. The Morgan fingerprint density at radius 3 is 2.69 bits per heavy atom. The Balaban J connectivity index is 2.43. The maximum absolute atomic E-state index is 5.86. The van der Waals surface area contributed by atoms with Crippen LogP contribution in [0.3, 0.4) is 0 Å². The molecule has 0 aromatic heterocycles. The lowest BCUT2D eigenvalue weighted by atomic mass is 10.0. The molecule has 0 bridgehead atoms. The summed E-state index contributed by atoms with van der Waals surface area (Å²) in [6.45, 7) is 4.28. The summed E-state index contributed by atoms with van der Waals surface area (Å²) in [6.07, 6.45) is 1.49. The zero-order valence-electron chi connectivity index (χ0n) is 7.93. The predicted octanol–water partition coefficient (Wildman–Crippen LogP) is 3.04. The first kappa shape index (κ1) is 9.31. The van der Waals surface area contributed by atoms with Gasteiger partial charge in [-0.15, -0.1) is 0 Å². The van der Waals surface area contributed by atoms with Crippen molar-refractivity contribution in [3.63, 3.8) is 0 Å². The van der Waals surface area contributed by atoms with Gasteiger partial charge in [-0.05, 0) is 25.0 Å². The number of fused-ring (bicyclic) bond motifs is 1. The van der Waals surface area contributed by atoms with E-state index in [1.165, 1.54) is 16.7 Å². The zero-order chi connectivity index (χ0) is 9.42. The Bertz CT molecular complexity index is 302. The van der Waals surface area contributed by atoms with Crippen molar-refractivity contribution in [3.8, 4) is 5.75 Å². The molecule has 0 spiro atoms. The zero-order valence-corrected chi connectivity index (χ0v) is 10.1. The predicted molar refractivity (Wildman–Crippen MR) is 62.9 cm³/mol. The number of hydrogen-bond acceptors (Lipinski definition) is 1.